The van der Waals surface area contributed by atoms with Gasteiger partial charge in [-0.15, -0.1) is 0 Å². The van der Waals surface area contributed by atoms with E-state index in [1.54, 1.807) is 32.5 Å². The van der Waals surface area contributed by atoms with Gasteiger partial charge in [0.1, 0.15) is 17.8 Å². The molecule has 0 amide bonds. The Balaban J connectivity index is 1.54. The number of likely N-dealkylation sites (tertiary alicyclic amines) is 1. The maximum absolute atomic E-state index is 6.78. The molecule has 176 valence electrons. The van der Waals surface area contributed by atoms with E-state index in [4.69, 9.17) is 21.1 Å². The highest BCUT2D eigenvalue weighted by molar-refractivity contribution is 8.00. The predicted molar refractivity (Wildman–Crippen MR) is 137 cm³/mol. The second kappa shape index (κ2) is 11.4. The number of aromatic nitrogens is 2. The third-order valence-electron chi connectivity index (χ3n) is 5.95. The summed E-state index contributed by atoms with van der Waals surface area (Å²) in [7, 11) is 3.32. The molecule has 2 aromatic carbocycles. The summed E-state index contributed by atoms with van der Waals surface area (Å²) in [5.41, 5.74) is 2.21. The van der Waals surface area contributed by atoms with Gasteiger partial charge in [0.25, 0.3) is 0 Å². The molecular formula is C24H29ClN4O2S2. The molecule has 0 radical (unpaired) electrons. The van der Waals surface area contributed by atoms with E-state index in [0.29, 0.717) is 12.6 Å². The number of anilines is 1. The molecule has 0 N–H and O–H groups in total. The average molecular weight is 505 g/mol. The Morgan fingerprint density at radius 2 is 1.94 bits per heavy atom. The largest absolute Gasteiger partial charge is 0.497 e. The molecule has 1 aliphatic heterocycles. The summed E-state index contributed by atoms with van der Waals surface area (Å²) in [6, 6.07) is 12.5. The van der Waals surface area contributed by atoms with E-state index in [-0.39, 0.29) is 0 Å². The first-order valence-corrected chi connectivity index (χ1v) is 13.0. The summed E-state index contributed by atoms with van der Waals surface area (Å²) < 4.78 is 17.2. The minimum Gasteiger partial charge on any atom is -0.497 e. The lowest BCUT2D eigenvalue weighted by Crippen LogP contribution is -2.32. The highest BCUT2D eigenvalue weighted by Gasteiger charge is 2.21. The minimum atomic E-state index is 0.319. The van der Waals surface area contributed by atoms with Gasteiger partial charge in [-0.3, -0.25) is 9.21 Å². The number of piperidine rings is 1. The fourth-order valence-corrected chi connectivity index (χ4v) is 6.02. The lowest BCUT2D eigenvalue weighted by atomic mass is 10.0. The van der Waals surface area contributed by atoms with Crippen LogP contribution >= 0.6 is 35.1 Å². The first-order valence-electron chi connectivity index (χ1n) is 11.1. The smallest absolute Gasteiger partial charge is 0.215 e. The van der Waals surface area contributed by atoms with E-state index in [0.717, 1.165) is 45.2 Å². The second-order valence-electron chi connectivity index (χ2n) is 7.99. The molecule has 9 heteroatoms. The SMILES string of the molecule is COc1ccc(CN(Sc2ccc(C(C)N3CCCCC3)c(Cl)c2)c2ncns2)c(OC)c1. The van der Waals surface area contributed by atoms with Crippen LogP contribution < -0.4 is 13.8 Å². The number of methoxy groups -OCH3 is 2. The molecule has 1 unspecified atom stereocenters. The predicted octanol–water partition coefficient (Wildman–Crippen LogP) is 6.47. The maximum atomic E-state index is 6.78. The average Bonchev–Trinajstić information content (AvgIpc) is 3.39. The fraction of sp³-hybridized carbons (Fsp3) is 0.417. The van der Waals surface area contributed by atoms with Gasteiger partial charge in [-0.1, -0.05) is 24.1 Å². The van der Waals surface area contributed by atoms with Gasteiger partial charge in [0.05, 0.1) is 20.8 Å². The van der Waals surface area contributed by atoms with Crippen LogP contribution in [-0.2, 0) is 6.54 Å². The van der Waals surface area contributed by atoms with Crippen LogP contribution in [0.25, 0.3) is 0 Å². The van der Waals surface area contributed by atoms with Crippen LogP contribution in [0.3, 0.4) is 0 Å². The first kappa shape index (κ1) is 24.1. The molecule has 2 heterocycles. The molecule has 0 aliphatic carbocycles. The summed E-state index contributed by atoms with van der Waals surface area (Å²) in [4.78, 5) is 8.02. The lowest BCUT2D eigenvalue weighted by Gasteiger charge is -2.33. The third kappa shape index (κ3) is 5.93. The number of halogens is 1. The molecule has 1 saturated heterocycles. The molecule has 1 aromatic heterocycles. The van der Waals surface area contributed by atoms with Crippen molar-refractivity contribution in [1.82, 2.24) is 14.3 Å². The Morgan fingerprint density at radius 1 is 1.12 bits per heavy atom. The Bertz CT molecular complexity index is 1040. The lowest BCUT2D eigenvalue weighted by molar-refractivity contribution is 0.175. The molecule has 33 heavy (non-hydrogen) atoms. The molecule has 1 aliphatic rings. The van der Waals surface area contributed by atoms with Gasteiger partial charge in [-0.2, -0.15) is 4.37 Å². The van der Waals surface area contributed by atoms with Crippen LogP contribution in [0.2, 0.25) is 5.02 Å². The molecule has 0 saturated carbocycles. The zero-order valence-electron chi connectivity index (χ0n) is 19.2. The quantitative estimate of drug-likeness (QED) is 0.309. The van der Waals surface area contributed by atoms with E-state index in [2.05, 4.69) is 43.7 Å². The summed E-state index contributed by atoms with van der Waals surface area (Å²) >= 11 is 9.73. The van der Waals surface area contributed by atoms with Gasteiger partial charge in [-0.05, 0) is 74.6 Å². The van der Waals surface area contributed by atoms with E-state index >= 15 is 0 Å². The van der Waals surface area contributed by atoms with Crippen molar-refractivity contribution in [2.24, 2.45) is 0 Å². The van der Waals surface area contributed by atoms with Gasteiger partial charge in [-0.25, -0.2) is 4.98 Å². The van der Waals surface area contributed by atoms with Crippen molar-refractivity contribution in [3.8, 4) is 11.5 Å². The van der Waals surface area contributed by atoms with Crippen molar-refractivity contribution in [3.63, 3.8) is 0 Å². The molecule has 4 rings (SSSR count). The number of benzene rings is 2. The van der Waals surface area contributed by atoms with Gasteiger partial charge in [0.2, 0.25) is 5.13 Å². The van der Waals surface area contributed by atoms with Crippen LogP contribution in [0.4, 0.5) is 5.13 Å². The van der Waals surface area contributed by atoms with Crippen molar-refractivity contribution < 1.29 is 9.47 Å². The van der Waals surface area contributed by atoms with Crippen LogP contribution in [0.1, 0.15) is 43.4 Å². The topological polar surface area (TPSA) is 50.7 Å². The Labute approximate surface area is 209 Å². The summed E-state index contributed by atoms with van der Waals surface area (Å²) in [5, 5.41) is 1.62. The van der Waals surface area contributed by atoms with Crippen molar-refractivity contribution in [2.45, 2.75) is 43.7 Å². The van der Waals surface area contributed by atoms with Crippen molar-refractivity contribution in [2.75, 3.05) is 31.6 Å². The van der Waals surface area contributed by atoms with Gasteiger partial charge in [0.15, 0.2) is 0 Å². The number of hydrogen-bond acceptors (Lipinski definition) is 8. The Kier molecular flexibility index (Phi) is 8.35. The van der Waals surface area contributed by atoms with Crippen molar-refractivity contribution in [3.05, 3.63) is 58.9 Å². The normalized spacial score (nSPS) is 15.3. The van der Waals surface area contributed by atoms with Crippen LogP contribution in [0, 0.1) is 0 Å². The standard InChI is InChI=1S/C24H29ClN4O2S2/c1-17(28-11-5-4-6-12-28)21-10-9-20(14-22(21)25)33-29(24-26-16-27-32-24)15-18-7-8-19(30-2)13-23(18)31-3/h7-10,13-14,16-17H,4-6,11-12,15H2,1-3H3. The van der Waals surface area contributed by atoms with E-state index in [1.807, 2.05) is 18.2 Å². The highest BCUT2D eigenvalue weighted by atomic mass is 35.5. The van der Waals surface area contributed by atoms with Gasteiger partial charge >= 0.3 is 0 Å². The third-order valence-corrected chi connectivity index (χ3v) is 8.07. The molecule has 3 aromatic rings. The molecule has 0 bridgehead atoms. The van der Waals surface area contributed by atoms with E-state index in [1.165, 1.54) is 36.4 Å². The highest BCUT2D eigenvalue weighted by Crippen LogP contribution is 2.37. The number of nitrogens with zero attached hydrogens (tertiary/aromatic N) is 4. The number of hydrogen-bond donors (Lipinski definition) is 0. The first-order chi connectivity index (χ1) is 16.1. The molecule has 1 fully saturated rings. The zero-order valence-corrected chi connectivity index (χ0v) is 21.6. The molecule has 6 nitrogen and oxygen atoms in total. The molecule has 0 spiro atoms. The second-order valence-corrected chi connectivity index (χ2v) is 10.2. The van der Waals surface area contributed by atoms with Crippen LogP contribution in [-0.4, -0.2) is 41.6 Å². The summed E-state index contributed by atoms with van der Waals surface area (Å²) in [5.74, 6) is 1.53. The molecular weight excluding hydrogens is 476 g/mol. The fourth-order valence-electron chi connectivity index (χ4n) is 4.09. The minimum absolute atomic E-state index is 0.319. The number of rotatable bonds is 9. The summed E-state index contributed by atoms with van der Waals surface area (Å²) in [6.45, 7) is 5.13. The Morgan fingerprint density at radius 3 is 2.61 bits per heavy atom. The van der Waals surface area contributed by atoms with Crippen molar-refractivity contribution in [1.29, 1.82) is 0 Å². The molecule has 1 atom stereocenters. The summed E-state index contributed by atoms with van der Waals surface area (Å²) in [6.07, 6.45) is 5.44. The van der Waals surface area contributed by atoms with Gasteiger partial charge < -0.3 is 9.47 Å². The van der Waals surface area contributed by atoms with Crippen LogP contribution in [0.5, 0.6) is 11.5 Å². The zero-order chi connectivity index (χ0) is 23.2. The van der Waals surface area contributed by atoms with Gasteiger partial charge in [0, 0.05) is 39.1 Å². The Hall–Kier alpha value is -2.00. The monoisotopic (exact) mass is 504 g/mol. The number of ether oxygens (including phenoxy) is 2. The van der Waals surface area contributed by atoms with Crippen LogP contribution in [0.15, 0.2) is 47.6 Å². The van der Waals surface area contributed by atoms with E-state index < -0.39 is 0 Å². The van der Waals surface area contributed by atoms with E-state index in [9.17, 15) is 0 Å². The van der Waals surface area contributed by atoms with Crippen molar-refractivity contribution >= 4 is 40.2 Å². The maximum Gasteiger partial charge on any atom is 0.215 e.